The van der Waals surface area contributed by atoms with E-state index < -0.39 is 5.54 Å². The highest BCUT2D eigenvalue weighted by Crippen LogP contribution is 2.24. The third kappa shape index (κ3) is 4.58. The zero-order chi connectivity index (χ0) is 13.8. The molecule has 0 bridgehead atoms. The average molecular weight is 255 g/mol. The highest BCUT2D eigenvalue weighted by molar-refractivity contribution is 5.84. The molecule has 2 unspecified atom stereocenters. The fraction of sp³-hybridized carbons (Fsp3) is 0.929. The van der Waals surface area contributed by atoms with Gasteiger partial charge in [0, 0.05) is 18.6 Å². The minimum Gasteiger partial charge on any atom is -0.368 e. The van der Waals surface area contributed by atoms with Crippen LogP contribution in [-0.4, -0.2) is 42.0 Å². The van der Waals surface area contributed by atoms with Gasteiger partial charge in [-0.3, -0.25) is 4.79 Å². The molecule has 0 aliphatic heterocycles. The number of hydrogen-bond donors (Lipinski definition) is 2. The number of hydrogen-bond acceptors (Lipinski definition) is 3. The van der Waals surface area contributed by atoms with E-state index in [1.54, 1.807) is 0 Å². The highest BCUT2D eigenvalue weighted by Gasteiger charge is 2.36. The summed E-state index contributed by atoms with van der Waals surface area (Å²) in [4.78, 5) is 14.0. The van der Waals surface area contributed by atoms with Crippen molar-refractivity contribution in [2.45, 2.75) is 70.5 Å². The largest absolute Gasteiger partial charge is 0.368 e. The lowest BCUT2D eigenvalue weighted by Crippen LogP contribution is -2.55. The minimum absolute atomic E-state index is 0.231. The zero-order valence-corrected chi connectivity index (χ0v) is 12.3. The smallest absolute Gasteiger partial charge is 0.237 e. The maximum absolute atomic E-state index is 11.6. The molecule has 1 aliphatic rings. The Kier molecular flexibility index (Phi) is 5.60. The summed E-state index contributed by atoms with van der Waals surface area (Å²) in [5, 5.41) is 3.39. The van der Waals surface area contributed by atoms with Crippen molar-refractivity contribution in [2.75, 3.05) is 13.6 Å². The molecule has 0 radical (unpaired) electrons. The first-order chi connectivity index (χ1) is 8.39. The van der Waals surface area contributed by atoms with Gasteiger partial charge in [-0.2, -0.15) is 0 Å². The number of primary amides is 1. The van der Waals surface area contributed by atoms with Gasteiger partial charge in [-0.15, -0.1) is 0 Å². The van der Waals surface area contributed by atoms with Crippen molar-refractivity contribution in [2.24, 2.45) is 5.73 Å². The predicted molar refractivity (Wildman–Crippen MR) is 75.4 cm³/mol. The van der Waals surface area contributed by atoms with E-state index in [0.717, 1.165) is 13.0 Å². The van der Waals surface area contributed by atoms with Crippen molar-refractivity contribution in [1.29, 1.82) is 0 Å². The number of carbonyl (C=O) groups excluding carboxylic acids is 1. The predicted octanol–water partition coefficient (Wildman–Crippen LogP) is 1.49. The van der Waals surface area contributed by atoms with Crippen LogP contribution in [0.3, 0.4) is 0 Å². The van der Waals surface area contributed by atoms with Gasteiger partial charge < -0.3 is 16.0 Å². The molecule has 0 heterocycles. The van der Waals surface area contributed by atoms with Crippen LogP contribution in [0.5, 0.6) is 0 Å². The lowest BCUT2D eigenvalue weighted by atomic mass is 9.96. The number of carbonyl (C=O) groups is 1. The van der Waals surface area contributed by atoms with Crippen LogP contribution in [0, 0.1) is 0 Å². The van der Waals surface area contributed by atoms with Crippen molar-refractivity contribution in [1.82, 2.24) is 10.2 Å². The molecule has 2 atom stereocenters. The molecule has 0 aromatic heterocycles. The van der Waals surface area contributed by atoms with Gasteiger partial charge in [0.1, 0.15) is 0 Å². The standard InChI is InChI=1S/C14H29N3O/c1-5-6-11(2)17(4)10-9-14(3,13(15)18)16-12-7-8-12/h11-12,16H,5-10H2,1-4H3,(H2,15,18). The molecule has 4 nitrogen and oxygen atoms in total. The molecular weight excluding hydrogens is 226 g/mol. The summed E-state index contributed by atoms with van der Waals surface area (Å²) >= 11 is 0. The molecule has 0 saturated heterocycles. The molecule has 1 aliphatic carbocycles. The quantitative estimate of drug-likeness (QED) is 0.656. The summed E-state index contributed by atoms with van der Waals surface area (Å²) < 4.78 is 0. The fourth-order valence-electron chi connectivity index (χ4n) is 2.20. The minimum atomic E-state index is -0.554. The normalized spacial score (nSPS) is 20.7. The fourth-order valence-corrected chi connectivity index (χ4v) is 2.20. The lowest BCUT2D eigenvalue weighted by Gasteiger charge is -2.32. The first-order valence-corrected chi connectivity index (χ1v) is 7.17. The summed E-state index contributed by atoms with van der Waals surface area (Å²) in [5.74, 6) is -0.231. The molecule has 4 heteroatoms. The van der Waals surface area contributed by atoms with Crippen molar-refractivity contribution in [3.63, 3.8) is 0 Å². The van der Waals surface area contributed by atoms with E-state index in [1.165, 1.54) is 25.7 Å². The van der Waals surface area contributed by atoms with Crippen molar-refractivity contribution < 1.29 is 4.79 Å². The van der Waals surface area contributed by atoms with E-state index in [1.807, 2.05) is 6.92 Å². The molecule has 1 amide bonds. The summed E-state index contributed by atoms with van der Waals surface area (Å²) in [6.45, 7) is 7.28. The van der Waals surface area contributed by atoms with Gasteiger partial charge in [-0.25, -0.2) is 0 Å². The lowest BCUT2D eigenvalue weighted by molar-refractivity contribution is -0.124. The summed E-state index contributed by atoms with van der Waals surface area (Å²) in [6.07, 6.45) is 5.51. The molecule has 1 fully saturated rings. The Morgan fingerprint density at radius 3 is 2.61 bits per heavy atom. The second-order valence-electron chi connectivity index (χ2n) is 5.98. The van der Waals surface area contributed by atoms with Crippen LogP contribution < -0.4 is 11.1 Å². The van der Waals surface area contributed by atoms with Crippen molar-refractivity contribution in [3.8, 4) is 0 Å². The van der Waals surface area contributed by atoms with Gasteiger partial charge in [0.15, 0.2) is 0 Å². The van der Waals surface area contributed by atoms with Crippen LogP contribution >= 0.6 is 0 Å². The molecule has 1 saturated carbocycles. The molecule has 18 heavy (non-hydrogen) atoms. The average Bonchev–Trinajstić information content (AvgIpc) is 3.09. The highest BCUT2D eigenvalue weighted by atomic mass is 16.1. The van der Waals surface area contributed by atoms with Crippen molar-refractivity contribution in [3.05, 3.63) is 0 Å². The summed E-state index contributed by atoms with van der Waals surface area (Å²) in [5.41, 5.74) is 4.99. The molecule has 1 rings (SSSR count). The van der Waals surface area contributed by atoms with E-state index >= 15 is 0 Å². The van der Waals surface area contributed by atoms with Crippen LogP contribution in [-0.2, 0) is 4.79 Å². The van der Waals surface area contributed by atoms with Crippen LogP contribution in [0.2, 0.25) is 0 Å². The Morgan fingerprint density at radius 1 is 1.56 bits per heavy atom. The second kappa shape index (κ2) is 6.53. The van der Waals surface area contributed by atoms with E-state index in [9.17, 15) is 4.79 Å². The maximum atomic E-state index is 11.6. The second-order valence-corrected chi connectivity index (χ2v) is 5.98. The van der Waals surface area contributed by atoms with Gasteiger partial charge in [-0.1, -0.05) is 13.3 Å². The Labute approximate surface area is 111 Å². The van der Waals surface area contributed by atoms with E-state index in [4.69, 9.17) is 5.73 Å². The SMILES string of the molecule is CCCC(C)N(C)CCC(C)(NC1CC1)C(N)=O. The molecule has 3 N–H and O–H groups in total. The molecule has 0 spiro atoms. The van der Waals surface area contributed by atoms with E-state index in [2.05, 4.69) is 31.1 Å². The Bertz CT molecular complexity index is 278. The number of nitrogens with one attached hydrogen (secondary N) is 1. The topological polar surface area (TPSA) is 58.4 Å². The number of rotatable bonds is 9. The van der Waals surface area contributed by atoms with Gasteiger partial charge in [0.05, 0.1) is 5.54 Å². The third-order valence-electron chi connectivity index (χ3n) is 4.07. The Hall–Kier alpha value is -0.610. The number of nitrogens with two attached hydrogens (primary N) is 1. The summed E-state index contributed by atoms with van der Waals surface area (Å²) in [7, 11) is 2.12. The van der Waals surface area contributed by atoms with Gasteiger partial charge >= 0.3 is 0 Å². The van der Waals surface area contributed by atoms with Gasteiger partial charge in [0.25, 0.3) is 0 Å². The van der Waals surface area contributed by atoms with Gasteiger partial charge in [0.2, 0.25) is 5.91 Å². The maximum Gasteiger partial charge on any atom is 0.237 e. The molecular formula is C14H29N3O. The van der Waals surface area contributed by atoms with E-state index in [-0.39, 0.29) is 5.91 Å². The number of nitrogens with zero attached hydrogens (tertiary/aromatic N) is 1. The van der Waals surface area contributed by atoms with Crippen LogP contribution in [0.1, 0.15) is 52.9 Å². The van der Waals surface area contributed by atoms with Crippen LogP contribution in [0.4, 0.5) is 0 Å². The number of amides is 1. The zero-order valence-electron chi connectivity index (χ0n) is 12.3. The molecule has 0 aromatic carbocycles. The van der Waals surface area contributed by atoms with Gasteiger partial charge in [-0.05, 0) is 46.6 Å². The third-order valence-corrected chi connectivity index (χ3v) is 4.07. The monoisotopic (exact) mass is 255 g/mol. The van der Waals surface area contributed by atoms with Crippen LogP contribution in [0.15, 0.2) is 0 Å². The van der Waals surface area contributed by atoms with E-state index in [0.29, 0.717) is 12.1 Å². The first-order valence-electron chi connectivity index (χ1n) is 7.17. The molecule has 106 valence electrons. The van der Waals surface area contributed by atoms with Crippen molar-refractivity contribution >= 4 is 5.91 Å². The molecule has 0 aromatic rings. The summed E-state index contributed by atoms with van der Waals surface area (Å²) in [6, 6.07) is 1.06. The Morgan fingerprint density at radius 2 is 2.17 bits per heavy atom. The van der Waals surface area contributed by atoms with Crippen LogP contribution in [0.25, 0.3) is 0 Å². The first kappa shape index (κ1) is 15.4. The Balaban J connectivity index is 2.43.